The van der Waals surface area contributed by atoms with Crippen LogP contribution < -0.4 is 10.2 Å². The highest BCUT2D eigenvalue weighted by Crippen LogP contribution is 2.23. The molecule has 8 nitrogen and oxygen atoms in total. The fourth-order valence-corrected chi connectivity index (χ4v) is 4.25. The van der Waals surface area contributed by atoms with Crippen molar-refractivity contribution in [1.29, 1.82) is 0 Å². The molecule has 4 heterocycles. The van der Waals surface area contributed by atoms with E-state index in [1.165, 1.54) is 11.3 Å². The van der Waals surface area contributed by atoms with Gasteiger partial charge in [0.2, 0.25) is 0 Å². The second-order valence-corrected chi connectivity index (χ2v) is 8.13. The van der Waals surface area contributed by atoms with Gasteiger partial charge in [0.1, 0.15) is 28.2 Å². The SMILES string of the molecule is Cc1nc(Nc2ccccn2)cc(N2CCN(C(=O)c3sc(C)nc3C)CC2)n1. The van der Waals surface area contributed by atoms with Gasteiger partial charge in [-0.1, -0.05) is 6.07 Å². The fourth-order valence-electron chi connectivity index (χ4n) is 3.36. The lowest BCUT2D eigenvalue weighted by molar-refractivity contribution is 0.0750. The molecule has 150 valence electrons. The highest BCUT2D eigenvalue weighted by Gasteiger charge is 2.26. The number of carbonyl (C=O) groups is 1. The van der Waals surface area contributed by atoms with E-state index >= 15 is 0 Å². The van der Waals surface area contributed by atoms with Crippen molar-refractivity contribution < 1.29 is 4.79 Å². The first-order valence-corrected chi connectivity index (χ1v) is 10.3. The Bertz CT molecular complexity index is 1010. The highest BCUT2D eigenvalue weighted by molar-refractivity contribution is 7.13. The first-order chi connectivity index (χ1) is 14.0. The minimum atomic E-state index is 0.0733. The number of hydrogen-bond donors (Lipinski definition) is 1. The van der Waals surface area contributed by atoms with Crippen molar-refractivity contribution in [2.75, 3.05) is 36.4 Å². The van der Waals surface area contributed by atoms with Crippen molar-refractivity contribution in [2.24, 2.45) is 0 Å². The van der Waals surface area contributed by atoms with Crippen molar-refractivity contribution >= 4 is 34.7 Å². The molecule has 9 heteroatoms. The zero-order chi connectivity index (χ0) is 20.4. The van der Waals surface area contributed by atoms with Gasteiger partial charge in [0.15, 0.2) is 0 Å². The molecule has 1 amide bonds. The fraction of sp³-hybridized carbons (Fsp3) is 0.350. The van der Waals surface area contributed by atoms with Crippen LogP contribution in [0.4, 0.5) is 17.5 Å². The lowest BCUT2D eigenvalue weighted by Gasteiger charge is -2.35. The Morgan fingerprint density at radius 1 is 1.03 bits per heavy atom. The summed E-state index contributed by atoms with van der Waals surface area (Å²) >= 11 is 1.47. The number of rotatable bonds is 4. The zero-order valence-electron chi connectivity index (χ0n) is 16.7. The van der Waals surface area contributed by atoms with Gasteiger partial charge in [-0.05, 0) is 32.9 Å². The number of pyridine rings is 1. The number of thiazole rings is 1. The predicted molar refractivity (Wildman–Crippen MR) is 114 cm³/mol. The van der Waals surface area contributed by atoms with Crippen molar-refractivity contribution in [3.05, 3.63) is 51.9 Å². The molecule has 0 radical (unpaired) electrons. The van der Waals surface area contributed by atoms with Gasteiger partial charge in [-0.2, -0.15) is 0 Å². The quantitative estimate of drug-likeness (QED) is 0.709. The topological polar surface area (TPSA) is 87.1 Å². The summed E-state index contributed by atoms with van der Waals surface area (Å²) in [5.74, 6) is 3.06. The third-order valence-electron chi connectivity index (χ3n) is 4.73. The molecule has 3 aromatic heterocycles. The van der Waals surface area contributed by atoms with Crippen molar-refractivity contribution in [2.45, 2.75) is 20.8 Å². The molecular formula is C20H23N7OS. The van der Waals surface area contributed by atoms with Gasteiger partial charge < -0.3 is 15.1 Å². The molecule has 0 bridgehead atoms. The number of piperazine rings is 1. The second kappa shape index (κ2) is 8.12. The predicted octanol–water partition coefficient (Wildman–Crippen LogP) is 2.96. The van der Waals surface area contributed by atoms with E-state index in [1.807, 2.05) is 49.9 Å². The van der Waals surface area contributed by atoms with Crippen LogP contribution in [0.2, 0.25) is 0 Å². The van der Waals surface area contributed by atoms with E-state index in [0.29, 0.717) is 24.7 Å². The van der Waals surface area contributed by atoms with Crippen molar-refractivity contribution in [1.82, 2.24) is 24.8 Å². The lowest BCUT2D eigenvalue weighted by atomic mass is 10.2. The maximum Gasteiger partial charge on any atom is 0.265 e. The Hall–Kier alpha value is -3.07. The molecular weight excluding hydrogens is 386 g/mol. The summed E-state index contributed by atoms with van der Waals surface area (Å²) in [7, 11) is 0. The number of aryl methyl sites for hydroxylation is 3. The lowest BCUT2D eigenvalue weighted by Crippen LogP contribution is -2.49. The van der Waals surface area contributed by atoms with Crippen LogP contribution >= 0.6 is 11.3 Å². The van der Waals surface area contributed by atoms with E-state index in [0.717, 1.165) is 40.3 Å². The zero-order valence-corrected chi connectivity index (χ0v) is 17.5. The first-order valence-electron chi connectivity index (χ1n) is 9.51. The summed E-state index contributed by atoms with van der Waals surface area (Å²) in [6, 6.07) is 7.62. The van der Waals surface area contributed by atoms with E-state index in [9.17, 15) is 4.79 Å². The van der Waals surface area contributed by atoms with Crippen LogP contribution in [0.1, 0.15) is 26.2 Å². The van der Waals surface area contributed by atoms with E-state index < -0.39 is 0 Å². The van der Waals surface area contributed by atoms with Gasteiger partial charge in [0.25, 0.3) is 5.91 Å². The molecule has 0 unspecified atom stereocenters. The Labute approximate surface area is 173 Å². The van der Waals surface area contributed by atoms with Crippen LogP contribution in [0.3, 0.4) is 0 Å². The summed E-state index contributed by atoms with van der Waals surface area (Å²) in [6.07, 6.45) is 1.74. The molecule has 0 atom stereocenters. The molecule has 3 aromatic rings. The van der Waals surface area contributed by atoms with Crippen LogP contribution in [0.15, 0.2) is 30.5 Å². The Kier molecular flexibility index (Phi) is 5.39. The number of amides is 1. The third kappa shape index (κ3) is 4.34. The molecule has 29 heavy (non-hydrogen) atoms. The third-order valence-corrected chi connectivity index (χ3v) is 5.79. The summed E-state index contributed by atoms with van der Waals surface area (Å²) < 4.78 is 0. The first kappa shape index (κ1) is 19.3. The largest absolute Gasteiger partial charge is 0.353 e. The number of nitrogens with zero attached hydrogens (tertiary/aromatic N) is 6. The average molecular weight is 410 g/mol. The van der Waals surface area contributed by atoms with Crippen LogP contribution in [0.25, 0.3) is 0 Å². The van der Waals surface area contributed by atoms with Crippen LogP contribution in [0, 0.1) is 20.8 Å². The molecule has 0 aliphatic carbocycles. The highest BCUT2D eigenvalue weighted by atomic mass is 32.1. The average Bonchev–Trinajstić information content (AvgIpc) is 3.06. The summed E-state index contributed by atoms with van der Waals surface area (Å²) in [5, 5.41) is 4.15. The monoisotopic (exact) mass is 409 g/mol. The smallest absolute Gasteiger partial charge is 0.265 e. The number of anilines is 3. The summed E-state index contributed by atoms with van der Waals surface area (Å²) in [4.78, 5) is 35.4. The van der Waals surface area contributed by atoms with Gasteiger partial charge >= 0.3 is 0 Å². The standard InChI is InChI=1S/C20H23N7OS/c1-13-19(29-15(3)22-13)20(28)27-10-8-26(9-11-27)18-12-17(23-14(2)24-18)25-16-6-4-5-7-21-16/h4-7,12H,8-11H2,1-3H3,(H,21,23,24,25). The van der Waals surface area contributed by atoms with Crippen LogP contribution in [-0.2, 0) is 0 Å². The number of nitrogens with one attached hydrogen (secondary N) is 1. The Balaban J connectivity index is 1.44. The van der Waals surface area contributed by atoms with Gasteiger partial charge in [-0.3, -0.25) is 4.79 Å². The molecule has 1 saturated heterocycles. The van der Waals surface area contributed by atoms with Crippen molar-refractivity contribution in [3.8, 4) is 0 Å². The Morgan fingerprint density at radius 2 is 1.83 bits per heavy atom. The number of carbonyl (C=O) groups excluding carboxylic acids is 1. The van der Waals surface area contributed by atoms with Crippen molar-refractivity contribution in [3.63, 3.8) is 0 Å². The molecule has 4 rings (SSSR count). The molecule has 0 aromatic carbocycles. The van der Waals surface area contributed by atoms with Gasteiger partial charge in [0, 0.05) is 38.4 Å². The summed E-state index contributed by atoms with van der Waals surface area (Å²) in [5.41, 5.74) is 0.816. The summed E-state index contributed by atoms with van der Waals surface area (Å²) in [6.45, 7) is 8.46. The van der Waals surface area contributed by atoms with E-state index in [1.54, 1.807) is 6.20 Å². The van der Waals surface area contributed by atoms with Gasteiger partial charge in [-0.15, -0.1) is 11.3 Å². The van der Waals surface area contributed by atoms with E-state index in [2.05, 4.69) is 30.2 Å². The molecule has 0 spiro atoms. The normalized spacial score (nSPS) is 14.2. The molecule has 1 fully saturated rings. The molecule has 0 saturated carbocycles. The van der Waals surface area contributed by atoms with Gasteiger partial charge in [0.05, 0.1) is 10.7 Å². The number of aromatic nitrogens is 4. The number of hydrogen-bond acceptors (Lipinski definition) is 8. The molecule has 1 aliphatic heterocycles. The van der Waals surface area contributed by atoms with Crippen LogP contribution in [-0.4, -0.2) is 56.9 Å². The minimum absolute atomic E-state index is 0.0733. The maximum absolute atomic E-state index is 12.8. The maximum atomic E-state index is 12.8. The van der Waals surface area contributed by atoms with Gasteiger partial charge in [-0.25, -0.2) is 19.9 Å². The van der Waals surface area contributed by atoms with Crippen LogP contribution in [0.5, 0.6) is 0 Å². The molecule has 1 N–H and O–H groups in total. The van der Waals surface area contributed by atoms with E-state index in [-0.39, 0.29) is 5.91 Å². The van der Waals surface area contributed by atoms with E-state index in [4.69, 9.17) is 0 Å². The minimum Gasteiger partial charge on any atom is -0.353 e. The second-order valence-electron chi connectivity index (χ2n) is 6.93. The Morgan fingerprint density at radius 3 is 2.48 bits per heavy atom. The molecule has 1 aliphatic rings.